The molecule has 3 rings (SSSR count). The zero-order chi connectivity index (χ0) is 12.8. The smallest absolute Gasteiger partial charge is 0.204 e. The lowest BCUT2D eigenvalue weighted by Crippen LogP contribution is -2.23. The van der Waals surface area contributed by atoms with Crippen molar-refractivity contribution in [2.24, 2.45) is 0 Å². The number of sulfone groups is 1. The molecule has 0 aliphatic carbocycles. The number of hydrogen-bond donors (Lipinski definition) is 0. The van der Waals surface area contributed by atoms with Gasteiger partial charge in [0, 0.05) is 6.54 Å². The molecule has 2 heterocycles. The van der Waals surface area contributed by atoms with Crippen LogP contribution in [0.5, 0.6) is 0 Å². The second-order valence-corrected chi connectivity index (χ2v) is 7.11. The molecule has 2 aliphatic rings. The van der Waals surface area contributed by atoms with E-state index in [9.17, 15) is 8.42 Å². The van der Waals surface area contributed by atoms with Gasteiger partial charge in [-0.2, -0.15) is 0 Å². The Labute approximate surface area is 108 Å². The van der Waals surface area contributed by atoms with Crippen LogP contribution in [0.3, 0.4) is 0 Å². The van der Waals surface area contributed by atoms with E-state index in [-0.39, 0.29) is 0 Å². The highest BCUT2D eigenvalue weighted by atomic mass is 32.2. The van der Waals surface area contributed by atoms with Gasteiger partial charge in [-0.25, -0.2) is 8.42 Å². The highest BCUT2D eigenvalue weighted by Crippen LogP contribution is 2.34. The number of aryl methyl sites for hydroxylation is 1. The van der Waals surface area contributed by atoms with E-state index >= 15 is 0 Å². The maximum atomic E-state index is 12.4. The van der Waals surface area contributed by atoms with E-state index in [1.165, 1.54) is 12.8 Å². The molecule has 1 saturated heterocycles. The second-order valence-electron chi connectivity index (χ2n) is 5.14. The number of benzene rings is 1. The first-order chi connectivity index (χ1) is 8.57. The van der Waals surface area contributed by atoms with Crippen LogP contribution in [-0.4, -0.2) is 33.0 Å². The van der Waals surface area contributed by atoms with E-state index in [1.807, 2.05) is 25.1 Å². The highest BCUT2D eigenvalue weighted by molar-refractivity contribution is 7.95. The quantitative estimate of drug-likeness (QED) is 0.821. The Morgan fingerprint density at radius 2 is 1.94 bits per heavy atom. The van der Waals surface area contributed by atoms with E-state index in [0.29, 0.717) is 16.3 Å². The van der Waals surface area contributed by atoms with Gasteiger partial charge in [-0.05, 0) is 50.6 Å². The maximum Gasteiger partial charge on any atom is 0.204 e. The molecule has 96 valence electrons. The van der Waals surface area contributed by atoms with Crippen LogP contribution in [0.4, 0.5) is 0 Å². The Bertz CT molecular complexity index is 611. The molecule has 0 aromatic heterocycles. The molecular weight excluding hydrogens is 246 g/mol. The predicted molar refractivity (Wildman–Crippen MR) is 72.0 cm³/mol. The molecular formula is C14H17NO2S. The van der Waals surface area contributed by atoms with Crippen LogP contribution >= 0.6 is 0 Å². The zero-order valence-electron chi connectivity index (χ0n) is 10.5. The Morgan fingerprint density at radius 1 is 1.22 bits per heavy atom. The van der Waals surface area contributed by atoms with Crippen molar-refractivity contribution < 1.29 is 8.42 Å². The summed E-state index contributed by atoms with van der Waals surface area (Å²) >= 11 is 0. The summed E-state index contributed by atoms with van der Waals surface area (Å²) in [6.07, 6.45) is 4.20. The fourth-order valence-corrected chi connectivity index (χ4v) is 4.30. The number of nitrogens with zero attached hydrogens (tertiary/aromatic N) is 1. The molecule has 0 amide bonds. The maximum absolute atomic E-state index is 12.4. The second kappa shape index (κ2) is 4.21. The molecule has 0 bridgehead atoms. The summed E-state index contributed by atoms with van der Waals surface area (Å²) in [4.78, 5) is 3.26. The molecule has 2 aliphatic heterocycles. The highest BCUT2D eigenvalue weighted by Gasteiger charge is 2.30. The van der Waals surface area contributed by atoms with E-state index in [4.69, 9.17) is 0 Å². The largest absolute Gasteiger partial charge is 0.298 e. The average Bonchev–Trinajstić information content (AvgIpc) is 2.87. The Kier molecular flexibility index (Phi) is 2.79. The first kappa shape index (κ1) is 11.9. The third-order valence-corrected chi connectivity index (χ3v) is 5.58. The van der Waals surface area contributed by atoms with Crippen LogP contribution < -0.4 is 0 Å². The van der Waals surface area contributed by atoms with Crippen molar-refractivity contribution in [3.8, 4) is 0 Å². The molecule has 0 N–H and O–H groups in total. The van der Waals surface area contributed by atoms with Crippen molar-refractivity contribution in [2.45, 2.75) is 24.7 Å². The molecule has 1 aromatic rings. The normalized spacial score (nSPS) is 21.9. The molecule has 4 heteroatoms. The number of likely N-dealkylation sites (tertiary alicyclic amines) is 1. The Hall–Kier alpha value is -1.13. The zero-order valence-corrected chi connectivity index (χ0v) is 11.3. The van der Waals surface area contributed by atoms with Crippen LogP contribution in [0.1, 0.15) is 24.0 Å². The van der Waals surface area contributed by atoms with Gasteiger partial charge in [-0.1, -0.05) is 17.7 Å². The molecule has 0 radical (unpaired) electrons. The molecule has 3 nitrogen and oxygen atoms in total. The Balaban J connectivity index is 1.95. The molecule has 0 spiro atoms. The van der Waals surface area contributed by atoms with Crippen molar-refractivity contribution in [3.05, 3.63) is 34.2 Å². The molecule has 18 heavy (non-hydrogen) atoms. The van der Waals surface area contributed by atoms with Crippen LogP contribution in [0.15, 0.2) is 28.0 Å². The van der Waals surface area contributed by atoms with Gasteiger partial charge < -0.3 is 0 Å². The van der Waals surface area contributed by atoms with Gasteiger partial charge in [0.2, 0.25) is 9.84 Å². The van der Waals surface area contributed by atoms with Crippen molar-refractivity contribution in [2.75, 3.05) is 19.6 Å². The van der Waals surface area contributed by atoms with E-state index in [0.717, 1.165) is 24.2 Å². The standard InChI is InChI=1S/C14H17NO2S/c1-11-4-5-14-12(8-11)9-13(18(14,16)17)10-15-6-2-3-7-15/h4-5,8-9H,2-3,6-7,10H2,1H3. The monoisotopic (exact) mass is 263 g/mol. The van der Waals surface area contributed by atoms with Crippen molar-refractivity contribution in [1.82, 2.24) is 4.90 Å². The van der Waals surface area contributed by atoms with E-state index in [2.05, 4.69) is 4.90 Å². The summed E-state index contributed by atoms with van der Waals surface area (Å²) in [6, 6.07) is 5.54. The van der Waals surface area contributed by atoms with Gasteiger partial charge in [-0.15, -0.1) is 0 Å². The number of hydrogen-bond acceptors (Lipinski definition) is 3. The van der Waals surface area contributed by atoms with Gasteiger partial charge in [0.05, 0.1) is 9.80 Å². The van der Waals surface area contributed by atoms with Gasteiger partial charge in [-0.3, -0.25) is 4.90 Å². The summed E-state index contributed by atoms with van der Waals surface area (Å²) < 4.78 is 24.8. The van der Waals surface area contributed by atoms with Crippen LogP contribution in [0.25, 0.3) is 6.08 Å². The lowest BCUT2D eigenvalue weighted by molar-refractivity contribution is 0.374. The lowest BCUT2D eigenvalue weighted by atomic mass is 10.1. The fraction of sp³-hybridized carbons (Fsp3) is 0.429. The molecule has 0 atom stereocenters. The van der Waals surface area contributed by atoms with E-state index < -0.39 is 9.84 Å². The third kappa shape index (κ3) is 1.89. The summed E-state index contributed by atoms with van der Waals surface area (Å²) in [6.45, 7) is 4.58. The third-order valence-electron chi connectivity index (χ3n) is 3.69. The minimum absolute atomic E-state index is 0.474. The minimum atomic E-state index is -3.23. The lowest BCUT2D eigenvalue weighted by Gasteiger charge is -2.14. The predicted octanol–water partition coefficient (Wildman–Crippen LogP) is 2.22. The van der Waals surface area contributed by atoms with Gasteiger partial charge in [0.1, 0.15) is 0 Å². The van der Waals surface area contributed by atoms with Gasteiger partial charge in [0.15, 0.2) is 0 Å². The number of rotatable bonds is 2. The van der Waals surface area contributed by atoms with Crippen LogP contribution in [-0.2, 0) is 9.84 Å². The van der Waals surface area contributed by atoms with Crippen molar-refractivity contribution in [3.63, 3.8) is 0 Å². The SMILES string of the molecule is Cc1ccc2c(c1)C=C(CN1CCCC1)S2(=O)=O. The van der Waals surface area contributed by atoms with E-state index in [1.54, 1.807) is 6.07 Å². The Morgan fingerprint density at radius 3 is 2.67 bits per heavy atom. The van der Waals surface area contributed by atoms with Crippen molar-refractivity contribution in [1.29, 1.82) is 0 Å². The number of fused-ring (bicyclic) bond motifs is 1. The van der Waals surface area contributed by atoms with Crippen LogP contribution in [0, 0.1) is 6.92 Å². The summed E-state index contributed by atoms with van der Waals surface area (Å²) in [5.74, 6) is 0. The first-order valence-corrected chi connectivity index (χ1v) is 7.84. The summed E-state index contributed by atoms with van der Waals surface area (Å²) in [5, 5.41) is 0. The molecule has 1 aromatic carbocycles. The first-order valence-electron chi connectivity index (χ1n) is 6.36. The topological polar surface area (TPSA) is 37.4 Å². The van der Waals surface area contributed by atoms with Crippen molar-refractivity contribution >= 4 is 15.9 Å². The van der Waals surface area contributed by atoms with Gasteiger partial charge >= 0.3 is 0 Å². The fourth-order valence-electron chi connectivity index (χ4n) is 2.71. The average molecular weight is 263 g/mol. The minimum Gasteiger partial charge on any atom is -0.298 e. The molecule has 1 fully saturated rings. The summed E-state index contributed by atoms with van der Waals surface area (Å²) in [7, 11) is -3.23. The van der Waals surface area contributed by atoms with Gasteiger partial charge in [0.25, 0.3) is 0 Å². The summed E-state index contributed by atoms with van der Waals surface area (Å²) in [5.41, 5.74) is 1.95. The molecule has 0 saturated carbocycles. The molecule has 0 unspecified atom stereocenters. The van der Waals surface area contributed by atoms with Crippen LogP contribution in [0.2, 0.25) is 0 Å².